The second-order valence-corrected chi connectivity index (χ2v) is 23.1. The van der Waals surface area contributed by atoms with E-state index < -0.39 is 6.10 Å². The van der Waals surface area contributed by atoms with Crippen molar-refractivity contribution < 1.29 is 28.6 Å². The maximum Gasteiger partial charge on any atom is 0.306 e. The molecular formula is C67H130O6. The first-order valence-corrected chi connectivity index (χ1v) is 33.5. The van der Waals surface area contributed by atoms with Gasteiger partial charge in [0, 0.05) is 19.3 Å². The maximum atomic E-state index is 12.8. The second-order valence-electron chi connectivity index (χ2n) is 23.1. The van der Waals surface area contributed by atoms with Crippen molar-refractivity contribution in [2.45, 2.75) is 399 Å². The fourth-order valence-electron chi connectivity index (χ4n) is 10.6. The molecule has 0 aliphatic rings. The summed E-state index contributed by atoms with van der Waals surface area (Å²) in [6.45, 7) is 6.69. The van der Waals surface area contributed by atoms with E-state index >= 15 is 0 Å². The molecule has 0 saturated carbocycles. The quantitative estimate of drug-likeness (QED) is 0.0343. The number of hydrogen-bond donors (Lipinski definition) is 0. The molecule has 434 valence electrons. The zero-order chi connectivity index (χ0) is 52.9. The van der Waals surface area contributed by atoms with Crippen LogP contribution in [0.2, 0.25) is 0 Å². The summed E-state index contributed by atoms with van der Waals surface area (Å²) in [5.41, 5.74) is 0. The predicted octanol–water partition coefficient (Wildman–Crippen LogP) is 22.7. The third kappa shape index (κ3) is 61.1. The Balaban J connectivity index is 3.94. The summed E-state index contributed by atoms with van der Waals surface area (Å²) in [5, 5.41) is 0. The third-order valence-corrected chi connectivity index (χ3v) is 15.6. The first-order valence-electron chi connectivity index (χ1n) is 33.5. The average Bonchev–Trinajstić information content (AvgIpc) is 3.39. The van der Waals surface area contributed by atoms with Gasteiger partial charge >= 0.3 is 17.9 Å². The van der Waals surface area contributed by atoms with E-state index in [1.807, 2.05) is 0 Å². The molecule has 0 aliphatic heterocycles. The van der Waals surface area contributed by atoms with Crippen molar-refractivity contribution in [2.24, 2.45) is 0 Å². The number of ether oxygens (including phenoxy) is 3. The average molecular weight is 1030 g/mol. The molecule has 0 amide bonds. The van der Waals surface area contributed by atoms with E-state index in [4.69, 9.17) is 14.2 Å². The number of carbonyl (C=O) groups is 3. The number of hydrogen-bond acceptors (Lipinski definition) is 6. The Morgan fingerprint density at radius 3 is 0.548 bits per heavy atom. The minimum absolute atomic E-state index is 0.0614. The SMILES string of the molecule is CCCCCCCCCCCCCCCCCCCCCCCCCCCCCCCCCCC(=O)OCC(COC(=O)CCCCCCCCCC)OC(=O)CCCCCCCCCCCCCCCCC. The van der Waals surface area contributed by atoms with Crippen LogP contribution in [0.1, 0.15) is 393 Å². The van der Waals surface area contributed by atoms with Gasteiger partial charge in [-0.15, -0.1) is 0 Å². The lowest BCUT2D eigenvalue weighted by molar-refractivity contribution is -0.167. The highest BCUT2D eigenvalue weighted by atomic mass is 16.6. The lowest BCUT2D eigenvalue weighted by atomic mass is 10.0. The van der Waals surface area contributed by atoms with Crippen LogP contribution in [-0.2, 0) is 28.6 Å². The normalized spacial score (nSPS) is 11.9. The molecule has 73 heavy (non-hydrogen) atoms. The molecule has 0 aromatic rings. The van der Waals surface area contributed by atoms with Gasteiger partial charge in [-0.05, 0) is 19.3 Å². The van der Waals surface area contributed by atoms with Crippen LogP contribution < -0.4 is 0 Å². The lowest BCUT2D eigenvalue weighted by Gasteiger charge is -2.18. The standard InChI is InChI=1S/C67H130O6/c1-4-7-10-13-16-19-21-23-25-26-27-28-29-30-31-32-33-34-35-36-37-38-39-40-41-43-44-46-48-51-54-57-60-66(69)72-63-64(62-71-65(68)59-56-53-50-18-15-12-9-6-3)73-67(70)61-58-55-52-49-47-45-42-24-22-20-17-14-11-8-5-2/h64H,4-63H2,1-3H3. The first kappa shape index (κ1) is 71.4. The summed E-state index contributed by atoms with van der Waals surface area (Å²) >= 11 is 0. The van der Waals surface area contributed by atoms with E-state index in [0.717, 1.165) is 57.8 Å². The van der Waals surface area contributed by atoms with Gasteiger partial charge in [0.25, 0.3) is 0 Å². The van der Waals surface area contributed by atoms with Crippen molar-refractivity contribution in [3.8, 4) is 0 Å². The molecule has 0 rings (SSSR count). The minimum atomic E-state index is -0.761. The smallest absolute Gasteiger partial charge is 0.306 e. The van der Waals surface area contributed by atoms with Crippen molar-refractivity contribution in [3.05, 3.63) is 0 Å². The van der Waals surface area contributed by atoms with Crippen LogP contribution in [0, 0.1) is 0 Å². The third-order valence-electron chi connectivity index (χ3n) is 15.6. The second kappa shape index (κ2) is 62.9. The summed E-state index contributed by atoms with van der Waals surface area (Å²) in [6.07, 6.45) is 73.0. The van der Waals surface area contributed by atoms with Gasteiger partial charge in [-0.1, -0.05) is 355 Å². The summed E-state index contributed by atoms with van der Waals surface area (Å²) < 4.78 is 16.9. The molecular weight excluding hydrogens is 901 g/mol. The number of esters is 3. The molecule has 0 bridgehead atoms. The summed E-state index contributed by atoms with van der Waals surface area (Å²) in [7, 11) is 0. The molecule has 1 atom stereocenters. The van der Waals surface area contributed by atoms with E-state index in [1.165, 1.54) is 295 Å². The van der Waals surface area contributed by atoms with Crippen LogP contribution in [0.5, 0.6) is 0 Å². The van der Waals surface area contributed by atoms with Crippen LogP contribution >= 0.6 is 0 Å². The number of unbranched alkanes of at least 4 members (excludes halogenated alkanes) is 52. The van der Waals surface area contributed by atoms with Gasteiger partial charge in [0.05, 0.1) is 0 Å². The van der Waals surface area contributed by atoms with Crippen molar-refractivity contribution in [3.63, 3.8) is 0 Å². The van der Waals surface area contributed by atoms with E-state index in [0.29, 0.717) is 19.3 Å². The highest BCUT2D eigenvalue weighted by Crippen LogP contribution is 2.19. The van der Waals surface area contributed by atoms with Crippen molar-refractivity contribution in [1.82, 2.24) is 0 Å². The molecule has 0 spiro atoms. The molecule has 0 aromatic carbocycles. The fraction of sp³-hybridized carbons (Fsp3) is 0.955. The summed E-state index contributed by atoms with van der Waals surface area (Å²) in [4.78, 5) is 38.1. The fourth-order valence-corrected chi connectivity index (χ4v) is 10.6. The molecule has 0 radical (unpaired) electrons. The predicted molar refractivity (Wildman–Crippen MR) is 317 cm³/mol. The molecule has 1 unspecified atom stereocenters. The molecule has 0 N–H and O–H groups in total. The Hall–Kier alpha value is -1.59. The van der Waals surface area contributed by atoms with Crippen LogP contribution in [0.4, 0.5) is 0 Å². The molecule has 0 fully saturated rings. The Labute approximate surface area is 457 Å². The van der Waals surface area contributed by atoms with Crippen LogP contribution in [0.15, 0.2) is 0 Å². The Kier molecular flexibility index (Phi) is 61.6. The summed E-state index contributed by atoms with van der Waals surface area (Å²) in [5.74, 6) is -0.835. The van der Waals surface area contributed by atoms with Gasteiger partial charge in [0.2, 0.25) is 0 Å². The van der Waals surface area contributed by atoms with Crippen LogP contribution in [-0.4, -0.2) is 37.2 Å². The lowest BCUT2D eigenvalue weighted by Crippen LogP contribution is -2.30. The zero-order valence-electron chi connectivity index (χ0n) is 50.0. The highest BCUT2D eigenvalue weighted by Gasteiger charge is 2.19. The maximum absolute atomic E-state index is 12.8. The van der Waals surface area contributed by atoms with E-state index in [2.05, 4.69) is 20.8 Å². The van der Waals surface area contributed by atoms with E-state index in [9.17, 15) is 14.4 Å². The Morgan fingerprint density at radius 1 is 0.219 bits per heavy atom. The summed E-state index contributed by atoms with van der Waals surface area (Å²) in [6, 6.07) is 0. The van der Waals surface area contributed by atoms with Crippen molar-refractivity contribution in [1.29, 1.82) is 0 Å². The van der Waals surface area contributed by atoms with Crippen molar-refractivity contribution in [2.75, 3.05) is 13.2 Å². The topological polar surface area (TPSA) is 78.9 Å². The molecule has 6 nitrogen and oxygen atoms in total. The molecule has 0 aliphatic carbocycles. The van der Waals surface area contributed by atoms with Crippen LogP contribution in [0.25, 0.3) is 0 Å². The first-order chi connectivity index (χ1) is 36.0. The van der Waals surface area contributed by atoms with Gasteiger partial charge in [-0.25, -0.2) is 0 Å². The van der Waals surface area contributed by atoms with Gasteiger partial charge in [0.1, 0.15) is 13.2 Å². The minimum Gasteiger partial charge on any atom is -0.462 e. The Morgan fingerprint density at radius 2 is 0.370 bits per heavy atom. The zero-order valence-corrected chi connectivity index (χ0v) is 50.0. The van der Waals surface area contributed by atoms with Gasteiger partial charge in [0.15, 0.2) is 6.10 Å². The molecule has 0 aromatic heterocycles. The van der Waals surface area contributed by atoms with Gasteiger partial charge in [-0.3, -0.25) is 14.4 Å². The van der Waals surface area contributed by atoms with E-state index in [-0.39, 0.29) is 31.1 Å². The molecule has 0 saturated heterocycles. The van der Waals surface area contributed by atoms with Gasteiger partial charge < -0.3 is 14.2 Å². The van der Waals surface area contributed by atoms with Crippen LogP contribution in [0.3, 0.4) is 0 Å². The highest BCUT2D eigenvalue weighted by molar-refractivity contribution is 5.71. The molecule has 6 heteroatoms. The van der Waals surface area contributed by atoms with E-state index in [1.54, 1.807) is 0 Å². The van der Waals surface area contributed by atoms with Gasteiger partial charge in [-0.2, -0.15) is 0 Å². The van der Waals surface area contributed by atoms with Crippen molar-refractivity contribution >= 4 is 17.9 Å². The molecule has 0 heterocycles. The number of rotatable bonds is 63. The Bertz CT molecular complexity index is 1090. The monoisotopic (exact) mass is 1030 g/mol. The number of carbonyl (C=O) groups excluding carboxylic acids is 3. The largest absolute Gasteiger partial charge is 0.462 e.